The number of hydrogen-bond donors (Lipinski definition) is 0. The Hall–Kier alpha value is -2.04. The van der Waals surface area contributed by atoms with Crippen LogP contribution < -0.4 is 0 Å². The van der Waals surface area contributed by atoms with E-state index in [1.807, 2.05) is 35.2 Å². The molecule has 1 atom stereocenters. The van der Waals surface area contributed by atoms with Gasteiger partial charge < -0.3 is 14.5 Å². The van der Waals surface area contributed by atoms with Gasteiger partial charge in [0.2, 0.25) is 5.91 Å². The average molecular weight is 318 g/mol. The molecule has 0 N–H and O–H groups in total. The Morgan fingerprint density at radius 1 is 1.09 bits per heavy atom. The highest BCUT2D eigenvalue weighted by Gasteiger charge is 2.25. The number of piperazine rings is 1. The Bertz CT molecular complexity index is 510. The van der Waals surface area contributed by atoms with E-state index in [9.17, 15) is 9.59 Å². The molecule has 0 aromatic heterocycles. The maximum atomic E-state index is 12.1. The van der Waals surface area contributed by atoms with Crippen LogP contribution in [0.1, 0.15) is 32.3 Å². The van der Waals surface area contributed by atoms with Crippen LogP contribution >= 0.6 is 0 Å². The molecule has 1 heterocycles. The van der Waals surface area contributed by atoms with E-state index < -0.39 is 0 Å². The molecule has 23 heavy (non-hydrogen) atoms. The topological polar surface area (TPSA) is 49.9 Å². The lowest BCUT2D eigenvalue weighted by Crippen LogP contribution is -2.50. The van der Waals surface area contributed by atoms with E-state index in [0.29, 0.717) is 38.5 Å². The standard InChI is InChI=1S/C18H26N2O3/c1-3-15(2)13-17(21)19-9-11-20(12-10-19)18(22)23-14-16-7-5-4-6-8-16/h4-8,15H,3,9-14H2,1-2H3. The van der Waals surface area contributed by atoms with Crippen LogP contribution in [0.25, 0.3) is 0 Å². The molecule has 1 aliphatic rings. The van der Waals surface area contributed by atoms with Crippen LogP contribution in [0.4, 0.5) is 4.79 Å². The van der Waals surface area contributed by atoms with Gasteiger partial charge in [0.05, 0.1) is 0 Å². The third-order valence-corrected chi connectivity index (χ3v) is 4.32. The minimum atomic E-state index is -0.303. The molecular weight excluding hydrogens is 292 g/mol. The van der Waals surface area contributed by atoms with E-state index in [1.54, 1.807) is 4.90 Å². The molecule has 0 spiro atoms. The second-order valence-electron chi connectivity index (χ2n) is 6.13. The first-order chi connectivity index (χ1) is 11.1. The number of hydrogen-bond acceptors (Lipinski definition) is 3. The normalized spacial score (nSPS) is 16.1. The maximum Gasteiger partial charge on any atom is 0.410 e. The van der Waals surface area contributed by atoms with Gasteiger partial charge in [-0.25, -0.2) is 4.79 Å². The predicted molar refractivity (Wildman–Crippen MR) is 88.9 cm³/mol. The van der Waals surface area contributed by atoms with Gasteiger partial charge in [-0.05, 0) is 11.5 Å². The molecule has 1 fully saturated rings. The average Bonchev–Trinajstić information content (AvgIpc) is 2.60. The van der Waals surface area contributed by atoms with Crippen LogP contribution in [0, 0.1) is 5.92 Å². The third kappa shape index (κ3) is 5.27. The van der Waals surface area contributed by atoms with Gasteiger partial charge in [-0.2, -0.15) is 0 Å². The highest BCUT2D eigenvalue weighted by atomic mass is 16.6. The summed E-state index contributed by atoms with van der Waals surface area (Å²) in [7, 11) is 0. The summed E-state index contributed by atoms with van der Waals surface area (Å²) >= 11 is 0. The van der Waals surface area contributed by atoms with Gasteiger partial charge in [0.1, 0.15) is 6.61 Å². The quantitative estimate of drug-likeness (QED) is 0.839. The van der Waals surface area contributed by atoms with Crippen LogP contribution in [0.2, 0.25) is 0 Å². The number of amides is 2. The molecule has 1 aromatic rings. The number of ether oxygens (including phenoxy) is 1. The zero-order valence-electron chi connectivity index (χ0n) is 14.0. The molecule has 2 amide bonds. The Morgan fingerprint density at radius 3 is 2.30 bits per heavy atom. The predicted octanol–water partition coefficient (Wildman–Crippen LogP) is 2.90. The Kier molecular flexibility index (Phi) is 6.44. The van der Waals surface area contributed by atoms with Crippen LogP contribution in [-0.4, -0.2) is 48.0 Å². The second kappa shape index (κ2) is 8.56. The zero-order chi connectivity index (χ0) is 16.7. The van der Waals surface area contributed by atoms with Crippen molar-refractivity contribution >= 4 is 12.0 Å². The van der Waals surface area contributed by atoms with Crippen molar-refractivity contribution in [1.82, 2.24) is 9.80 Å². The lowest BCUT2D eigenvalue weighted by atomic mass is 10.0. The van der Waals surface area contributed by atoms with Crippen molar-refractivity contribution < 1.29 is 14.3 Å². The second-order valence-corrected chi connectivity index (χ2v) is 6.13. The molecule has 126 valence electrons. The SMILES string of the molecule is CCC(C)CC(=O)N1CCN(C(=O)OCc2ccccc2)CC1. The molecular formula is C18H26N2O3. The smallest absolute Gasteiger partial charge is 0.410 e. The molecule has 1 aliphatic heterocycles. The summed E-state index contributed by atoms with van der Waals surface area (Å²) in [5.74, 6) is 0.605. The van der Waals surface area contributed by atoms with E-state index in [-0.39, 0.29) is 18.6 Å². The molecule has 0 radical (unpaired) electrons. The molecule has 1 unspecified atom stereocenters. The van der Waals surface area contributed by atoms with Crippen LogP contribution in [0.3, 0.4) is 0 Å². The van der Waals surface area contributed by atoms with Gasteiger partial charge in [0.25, 0.3) is 0 Å². The molecule has 5 heteroatoms. The number of rotatable bonds is 5. The summed E-state index contributed by atoms with van der Waals surface area (Å²) < 4.78 is 5.33. The van der Waals surface area contributed by atoms with Crippen molar-refractivity contribution in [1.29, 1.82) is 0 Å². The van der Waals surface area contributed by atoms with Gasteiger partial charge in [-0.3, -0.25) is 4.79 Å². The zero-order valence-corrected chi connectivity index (χ0v) is 14.0. The highest BCUT2D eigenvalue weighted by molar-refractivity contribution is 5.77. The van der Waals surface area contributed by atoms with E-state index in [2.05, 4.69) is 13.8 Å². The number of carbonyl (C=O) groups is 2. The molecule has 2 rings (SSSR count). The summed E-state index contributed by atoms with van der Waals surface area (Å²) in [6, 6.07) is 9.63. The lowest BCUT2D eigenvalue weighted by molar-refractivity contribution is -0.133. The van der Waals surface area contributed by atoms with Crippen LogP contribution in [-0.2, 0) is 16.1 Å². The first-order valence-electron chi connectivity index (χ1n) is 8.33. The van der Waals surface area contributed by atoms with Crippen LogP contribution in [0.15, 0.2) is 30.3 Å². The van der Waals surface area contributed by atoms with Crippen molar-refractivity contribution in [2.75, 3.05) is 26.2 Å². The Morgan fingerprint density at radius 2 is 1.70 bits per heavy atom. The lowest BCUT2D eigenvalue weighted by Gasteiger charge is -2.34. The largest absolute Gasteiger partial charge is 0.445 e. The summed E-state index contributed by atoms with van der Waals surface area (Å²) in [4.78, 5) is 27.7. The van der Waals surface area contributed by atoms with Gasteiger partial charge in [0.15, 0.2) is 0 Å². The van der Waals surface area contributed by atoms with Gasteiger partial charge >= 0.3 is 6.09 Å². The molecule has 1 aromatic carbocycles. The number of carbonyl (C=O) groups excluding carboxylic acids is 2. The van der Waals surface area contributed by atoms with Crippen LogP contribution in [0.5, 0.6) is 0 Å². The third-order valence-electron chi connectivity index (χ3n) is 4.32. The van der Waals surface area contributed by atoms with E-state index in [0.717, 1.165) is 12.0 Å². The Balaban J connectivity index is 1.73. The van der Waals surface area contributed by atoms with Crippen molar-refractivity contribution in [3.8, 4) is 0 Å². The van der Waals surface area contributed by atoms with Gasteiger partial charge in [-0.1, -0.05) is 50.6 Å². The summed E-state index contributed by atoms with van der Waals surface area (Å²) in [6.07, 6.45) is 1.30. The molecule has 0 saturated carbocycles. The first kappa shape index (κ1) is 17.3. The summed E-state index contributed by atoms with van der Waals surface area (Å²) in [5, 5.41) is 0. The molecule has 5 nitrogen and oxygen atoms in total. The minimum Gasteiger partial charge on any atom is -0.445 e. The van der Waals surface area contributed by atoms with E-state index in [4.69, 9.17) is 4.74 Å². The monoisotopic (exact) mass is 318 g/mol. The molecule has 1 saturated heterocycles. The van der Waals surface area contributed by atoms with Crippen molar-refractivity contribution in [2.45, 2.75) is 33.3 Å². The van der Waals surface area contributed by atoms with Gasteiger partial charge in [-0.15, -0.1) is 0 Å². The van der Waals surface area contributed by atoms with Crippen molar-refractivity contribution in [3.05, 3.63) is 35.9 Å². The fraction of sp³-hybridized carbons (Fsp3) is 0.556. The van der Waals surface area contributed by atoms with Crippen molar-refractivity contribution in [2.24, 2.45) is 5.92 Å². The number of nitrogens with zero attached hydrogens (tertiary/aromatic N) is 2. The molecule has 0 bridgehead atoms. The van der Waals surface area contributed by atoms with E-state index >= 15 is 0 Å². The summed E-state index contributed by atoms with van der Waals surface area (Å²) in [6.45, 7) is 6.74. The van der Waals surface area contributed by atoms with Crippen molar-refractivity contribution in [3.63, 3.8) is 0 Å². The Labute approximate surface area is 138 Å². The fourth-order valence-electron chi connectivity index (χ4n) is 2.52. The first-order valence-corrected chi connectivity index (χ1v) is 8.33. The van der Waals surface area contributed by atoms with E-state index in [1.165, 1.54) is 0 Å². The fourth-order valence-corrected chi connectivity index (χ4v) is 2.52. The summed E-state index contributed by atoms with van der Waals surface area (Å²) in [5.41, 5.74) is 0.975. The highest BCUT2D eigenvalue weighted by Crippen LogP contribution is 2.12. The van der Waals surface area contributed by atoms with Gasteiger partial charge in [0, 0.05) is 32.6 Å². The maximum absolute atomic E-state index is 12.1. The minimum absolute atomic E-state index is 0.191. The number of benzene rings is 1. The molecule has 0 aliphatic carbocycles.